The Balaban J connectivity index is 1.61. The summed E-state index contributed by atoms with van der Waals surface area (Å²) in [5, 5.41) is 0.191. The van der Waals surface area contributed by atoms with Gasteiger partial charge in [0.05, 0.1) is 24.1 Å². The van der Waals surface area contributed by atoms with Gasteiger partial charge in [-0.3, -0.25) is 14.5 Å². The van der Waals surface area contributed by atoms with Gasteiger partial charge in [0, 0.05) is 10.6 Å². The summed E-state index contributed by atoms with van der Waals surface area (Å²) in [5.41, 5.74) is 2.62. The highest BCUT2D eigenvalue weighted by Gasteiger charge is 2.35. The molecule has 3 aromatic rings. The van der Waals surface area contributed by atoms with Gasteiger partial charge in [0.25, 0.3) is 11.1 Å². The highest BCUT2D eigenvalue weighted by molar-refractivity contribution is 8.18. The van der Waals surface area contributed by atoms with E-state index in [-0.39, 0.29) is 22.4 Å². The van der Waals surface area contributed by atoms with E-state index in [2.05, 4.69) is 0 Å². The van der Waals surface area contributed by atoms with Crippen molar-refractivity contribution >= 4 is 46.6 Å². The molecule has 1 heterocycles. The normalized spacial score (nSPS) is 14.6. The molecule has 0 aromatic heterocycles. The number of esters is 1. The number of hydrogen-bond donors (Lipinski definition) is 0. The average molecular weight is 494 g/mol. The lowest BCUT2D eigenvalue weighted by molar-refractivity contribution is -0.123. The van der Waals surface area contributed by atoms with Crippen molar-refractivity contribution in [3.63, 3.8) is 0 Å². The number of para-hydroxylation sites is 1. The highest BCUT2D eigenvalue weighted by Crippen LogP contribution is 2.38. The molecule has 0 unspecified atom stereocenters. The molecule has 3 aromatic carbocycles. The van der Waals surface area contributed by atoms with E-state index in [4.69, 9.17) is 21.1 Å². The van der Waals surface area contributed by atoms with Crippen LogP contribution in [0.25, 0.3) is 6.08 Å². The molecule has 1 saturated heterocycles. The molecule has 172 valence electrons. The Kier molecular flexibility index (Phi) is 7.05. The number of aryl methyl sites for hydroxylation is 1. The topological polar surface area (TPSA) is 72.9 Å². The molecule has 1 aliphatic rings. The van der Waals surface area contributed by atoms with E-state index in [9.17, 15) is 14.4 Å². The van der Waals surface area contributed by atoms with E-state index >= 15 is 0 Å². The second-order valence-corrected chi connectivity index (χ2v) is 8.96. The van der Waals surface area contributed by atoms with Crippen LogP contribution in [0.1, 0.15) is 27.0 Å². The molecule has 8 heteroatoms. The zero-order chi connectivity index (χ0) is 24.2. The number of carbonyl (C=O) groups excluding carboxylic acids is 3. The lowest BCUT2D eigenvalue weighted by atomic mass is 10.1. The monoisotopic (exact) mass is 493 g/mol. The number of halogens is 1. The van der Waals surface area contributed by atoms with Crippen LogP contribution >= 0.6 is 23.4 Å². The first-order chi connectivity index (χ1) is 16.4. The summed E-state index contributed by atoms with van der Waals surface area (Å²) in [7, 11) is 1.46. The molecular weight excluding hydrogens is 474 g/mol. The van der Waals surface area contributed by atoms with Crippen molar-refractivity contribution in [1.82, 2.24) is 4.90 Å². The first kappa shape index (κ1) is 23.6. The standard InChI is InChI=1S/C26H20ClNO5S/c1-16-6-10-18(11-7-16)25(30)33-23-19(4-3-5-21(23)32-2)14-22-24(29)28(26(31)34-22)15-17-8-12-20(27)13-9-17/h3-14H,15H2,1-2H3/b22-14-. The van der Waals surface area contributed by atoms with Gasteiger partial charge in [-0.2, -0.15) is 0 Å². The molecule has 6 nitrogen and oxygen atoms in total. The van der Waals surface area contributed by atoms with Crippen molar-refractivity contribution in [1.29, 1.82) is 0 Å². The van der Waals surface area contributed by atoms with Crippen LogP contribution in [0.2, 0.25) is 5.02 Å². The van der Waals surface area contributed by atoms with Crippen LogP contribution in [-0.2, 0) is 11.3 Å². The first-order valence-corrected chi connectivity index (χ1v) is 11.5. The van der Waals surface area contributed by atoms with E-state index in [0.717, 1.165) is 27.8 Å². The van der Waals surface area contributed by atoms with Gasteiger partial charge in [0.2, 0.25) is 0 Å². The van der Waals surface area contributed by atoms with E-state index in [0.29, 0.717) is 21.9 Å². The number of benzene rings is 3. The Hall–Kier alpha value is -3.55. The fraction of sp³-hybridized carbons (Fsp3) is 0.115. The van der Waals surface area contributed by atoms with Gasteiger partial charge >= 0.3 is 5.97 Å². The fourth-order valence-corrected chi connectivity index (χ4v) is 4.26. The smallest absolute Gasteiger partial charge is 0.343 e. The van der Waals surface area contributed by atoms with Gasteiger partial charge in [0.1, 0.15) is 0 Å². The zero-order valence-corrected chi connectivity index (χ0v) is 20.0. The van der Waals surface area contributed by atoms with Gasteiger partial charge in [-0.25, -0.2) is 4.79 Å². The first-order valence-electron chi connectivity index (χ1n) is 10.3. The van der Waals surface area contributed by atoms with Gasteiger partial charge in [-0.1, -0.05) is 53.6 Å². The molecule has 0 radical (unpaired) electrons. The molecule has 34 heavy (non-hydrogen) atoms. The Bertz CT molecular complexity index is 1290. The van der Waals surface area contributed by atoms with Crippen LogP contribution in [0.5, 0.6) is 11.5 Å². The number of hydrogen-bond acceptors (Lipinski definition) is 6. The second-order valence-electron chi connectivity index (χ2n) is 7.53. The lowest BCUT2D eigenvalue weighted by Gasteiger charge is -2.13. The third-order valence-electron chi connectivity index (χ3n) is 5.13. The molecular formula is C26H20ClNO5S. The van der Waals surface area contributed by atoms with Crippen LogP contribution in [0.4, 0.5) is 4.79 Å². The molecule has 4 rings (SSSR count). The Morgan fingerprint density at radius 2 is 1.74 bits per heavy atom. The molecule has 0 N–H and O–H groups in total. The van der Waals surface area contributed by atoms with E-state index in [1.54, 1.807) is 54.6 Å². The van der Waals surface area contributed by atoms with E-state index in [1.807, 2.05) is 19.1 Å². The summed E-state index contributed by atoms with van der Waals surface area (Å²) in [6.07, 6.45) is 1.53. The number of rotatable bonds is 6. The summed E-state index contributed by atoms with van der Waals surface area (Å²) < 4.78 is 11.0. The Morgan fingerprint density at radius 1 is 1.03 bits per heavy atom. The third kappa shape index (κ3) is 5.16. The van der Waals surface area contributed by atoms with Gasteiger partial charge in [-0.05, 0) is 60.7 Å². The largest absolute Gasteiger partial charge is 0.493 e. The maximum atomic E-state index is 13.0. The van der Waals surface area contributed by atoms with Gasteiger partial charge in [0.15, 0.2) is 11.5 Å². The highest BCUT2D eigenvalue weighted by atomic mass is 35.5. The maximum Gasteiger partial charge on any atom is 0.343 e. The van der Waals surface area contributed by atoms with Crippen molar-refractivity contribution < 1.29 is 23.9 Å². The van der Waals surface area contributed by atoms with Gasteiger partial charge in [-0.15, -0.1) is 0 Å². The summed E-state index contributed by atoms with van der Waals surface area (Å²) in [6.45, 7) is 2.06. The molecule has 0 spiro atoms. The molecule has 0 aliphatic carbocycles. The van der Waals surface area contributed by atoms with Crippen molar-refractivity contribution in [2.75, 3.05) is 7.11 Å². The molecule has 1 aliphatic heterocycles. The minimum atomic E-state index is -0.560. The fourth-order valence-electron chi connectivity index (χ4n) is 3.31. The number of imide groups is 1. The van der Waals surface area contributed by atoms with Gasteiger partial charge < -0.3 is 9.47 Å². The molecule has 0 atom stereocenters. The quantitative estimate of drug-likeness (QED) is 0.234. The number of ether oxygens (including phenoxy) is 2. The zero-order valence-electron chi connectivity index (χ0n) is 18.4. The lowest BCUT2D eigenvalue weighted by Crippen LogP contribution is -2.27. The minimum Gasteiger partial charge on any atom is -0.493 e. The van der Waals surface area contributed by atoms with Crippen LogP contribution in [0, 0.1) is 6.92 Å². The minimum absolute atomic E-state index is 0.132. The van der Waals surface area contributed by atoms with Crippen molar-refractivity contribution in [2.24, 2.45) is 0 Å². The van der Waals surface area contributed by atoms with E-state index < -0.39 is 11.9 Å². The number of thioether (sulfide) groups is 1. The summed E-state index contributed by atoms with van der Waals surface area (Å²) in [4.78, 5) is 39.7. The number of methoxy groups -OCH3 is 1. The van der Waals surface area contributed by atoms with Crippen LogP contribution in [-0.4, -0.2) is 29.1 Å². The summed E-state index contributed by atoms with van der Waals surface area (Å²) >= 11 is 6.74. The SMILES string of the molecule is COc1cccc(/C=C2\SC(=O)N(Cc3ccc(Cl)cc3)C2=O)c1OC(=O)c1ccc(C)cc1. The van der Waals surface area contributed by atoms with E-state index in [1.165, 1.54) is 13.2 Å². The molecule has 2 amide bonds. The molecule has 1 fully saturated rings. The second kappa shape index (κ2) is 10.2. The van der Waals surface area contributed by atoms with Crippen molar-refractivity contribution in [3.05, 3.63) is 98.9 Å². The molecule has 0 bridgehead atoms. The van der Waals surface area contributed by atoms with Crippen LogP contribution in [0.15, 0.2) is 71.6 Å². The van der Waals surface area contributed by atoms with Crippen LogP contribution in [0.3, 0.4) is 0 Å². The average Bonchev–Trinajstić information content (AvgIpc) is 3.09. The predicted octanol–water partition coefficient (Wildman–Crippen LogP) is 6.11. The third-order valence-corrected chi connectivity index (χ3v) is 6.28. The summed E-state index contributed by atoms with van der Waals surface area (Å²) in [6, 6.07) is 19.0. The van der Waals surface area contributed by atoms with Crippen molar-refractivity contribution in [2.45, 2.75) is 13.5 Å². The predicted molar refractivity (Wildman–Crippen MR) is 132 cm³/mol. The number of carbonyl (C=O) groups is 3. The Labute approximate surface area is 206 Å². The number of amides is 2. The molecule has 0 saturated carbocycles. The van der Waals surface area contributed by atoms with Crippen LogP contribution < -0.4 is 9.47 Å². The van der Waals surface area contributed by atoms with Crippen molar-refractivity contribution in [3.8, 4) is 11.5 Å². The number of nitrogens with zero attached hydrogens (tertiary/aromatic N) is 1. The Morgan fingerprint density at radius 3 is 2.41 bits per heavy atom. The summed E-state index contributed by atoms with van der Waals surface area (Å²) in [5.74, 6) is -0.492. The maximum absolute atomic E-state index is 13.0.